The maximum Gasteiger partial charge on any atom is 0.344 e. The largest absolute Gasteiger partial charge is 0.479 e. The van der Waals surface area contributed by atoms with Gasteiger partial charge in [0, 0.05) is 12.1 Å². The van der Waals surface area contributed by atoms with Gasteiger partial charge in [0.25, 0.3) is 5.69 Å². The molecule has 1 aromatic carbocycles. The number of carbonyl (C=O) groups excluding carboxylic acids is 1. The number of ketones is 1. The molecule has 0 aliphatic carbocycles. The van der Waals surface area contributed by atoms with Crippen LogP contribution in [0.4, 0.5) is 5.69 Å². The summed E-state index contributed by atoms with van der Waals surface area (Å²) >= 11 is 0. The molecule has 7 nitrogen and oxygen atoms in total. The maximum absolute atomic E-state index is 11.4. The highest BCUT2D eigenvalue weighted by atomic mass is 16.6. The number of carbonyl (C=O) groups is 2. The van der Waals surface area contributed by atoms with Gasteiger partial charge in [0.1, 0.15) is 5.75 Å². The normalized spacial score (nSPS) is 11.7. The third-order valence-corrected chi connectivity index (χ3v) is 2.47. The Kier molecular flexibility index (Phi) is 4.57. The molecule has 0 saturated heterocycles. The van der Waals surface area contributed by atoms with Gasteiger partial charge < -0.3 is 9.84 Å². The minimum atomic E-state index is -1.16. The summed E-state index contributed by atoms with van der Waals surface area (Å²) in [5, 5.41) is 19.5. The Balaban J connectivity index is 3.16. The number of carboxylic acid groups (broad SMARTS) is 1. The summed E-state index contributed by atoms with van der Waals surface area (Å²) in [6, 6.07) is 3.48. The Morgan fingerprint density at radius 2 is 2.11 bits per heavy atom. The lowest BCUT2D eigenvalue weighted by Crippen LogP contribution is -2.26. The molecule has 0 aromatic heterocycles. The van der Waals surface area contributed by atoms with E-state index in [-0.39, 0.29) is 23.4 Å². The second kappa shape index (κ2) is 5.94. The van der Waals surface area contributed by atoms with Crippen LogP contribution in [0.25, 0.3) is 0 Å². The summed E-state index contributed by atoms with van der Waals surface area (Å²) in [6.07, 6.45) is -0.886. The summed E-state index contributed by atoms with van der Waals surface area (Å²) in [7, 11) is 0. The van der Waals surface area contributed by atoms with Gasteiger partial charge in [-0.1, -0.05) is 6.92 Å². The van der Waals surface area contributed by atoms with Crippen molar-refractivity contribution in [3.8, 4) is 5.75 Å². The fourth-order valence-electron chi connectivity index (χ4n) is 1.47. The van der Waals surface area contributed by atoms with E-state index in [9.17, 15) is 19.7 Å². The first kappa shape index (κ1) is 14.6. The van der Waals surface area contributed by atoms with Gasteiger partial charge in [-0.3, -0.25) is 14.9 Å². The molecule has 1 aromatic rings. The van der Waals surface area contributed by atoms with Crippen molar-refractivity contribution in [1.29, 1.82) is 0 Å². The van der Waals surface area contributed by atoms with Crippen LogP contribution in [0.3, 0.4) is 0 Å². The van der Waals surface area contributed by atoms with Gasteiger partial charge in [0.05, 0.1) is 10.5 Å². The number of carboxylic acids is 1. The van der Waals surface area contributed by atoms with E-state index in [0.717, 1.165) is 12.1 Å². The summed E-state index contributed by atoms with van der Waals surface area (Å²) < 4.78 is 5.21. The summed E-state index contributed by atoms with van der Waals surface area (Å²) in [5.41, 5.74) is -0.255. The second-order valence-corrected chi connectivity index (χ2v) is 3.85. The van der Waals surface area contributed by atoms with Gasteiger partial charge >= 0.3 is 5.97 Å². The summed E-state index contributed by atoms with van der Waals surface area (Å²) in [4.78, 5) is 32.3. The van der Waals surface area contributed by atoms with E-state index in [1.165, 1.54) is 13.0 Å². The molecule has 0 bridgehead atoms. The van der Waals surface area contributed by atoms with Gasteiger partial charge in [0.15, 0.2) is 11.9 Å². The topological polar surface area (TPSA) is 107 Å². The van der Waals surface area contributed by atoms with Crippen LogP contribution in [0.1, 0.15) is 30.6 Å². The maximum atomic E-state index is 11.4. The number of nitro groups is 1. The number of Topliss-reactive ketones (excluding diaryl/α,β-unsaturated/α-hetero) is 1. The summed E-state index contributed by atoms with van der Waals surface area (Å²) in [5.74, 6) is -1.55. The van der Waals surface area contributed by atoms with Crippen molar-refractivity contribution in [1.82, 2.24) is 0 Å². The molecule has 102 valence electrons. The molecular formula is C12H13NO6. The monoisotopic (exact) mass is 267 g/mol. The Morgan fingerprint density at radius 3 is 2.53 bits per heavy atom. The Morgan fingerprint density at radius 1 is 1.47 bits per heavy atom. The molecule has 0 spiro atoms. The number of nitro benzene ring substituents is 1. The molecule has 1 unspecified atom stereocenters. The fourth-order valence-corrected chi connectivity index (χ4v) is 1.47. The van der Waals surface area contributed by atoms with E-state index >= 15 is 0 Å². The zero-order chi connectivity index (χ0) is 14.6. The van der Waals surface area contributed by atoms with E-state index in [2.05, 4.69) is 0 Å². The fraction of sp³-hybridized carbons (Fsp3) is 0.333. The lowest BCUT2D eigenvalue weighted by atomic mass is 10.1. The lowest BCUT2D eigenvalue weighted by molar-refractivity contribution is -0.384. The molecule has 0 aliphatic heterocycles. The minimum absolute atomic E-state index is 0.00565. The number of aliphatic carboxylic acids is 1. The van der Waals surface area contributed by atoms with Gasteiger partial charge in [0.2, 0.25) is 0 Å². The standard InChI is InChI=1S/C12H13NO6/c1-3-10(12(15)16)19-11-5-4-8(13(17)18)6-9(11)7(2)14/h4-6,10H,3H2,1-2H3,(H,15,16). The van der Waals surface area contributed by atoms with Crippen LogP contribution in [0.2, 0.25) is 0 Å². The molecule has 0 aliphatic rings. The van der Waals surface area contributed by atoms with Crippen LogP contribution in [-0.2, 0) is 4.79 Å². The van der Waals surface area contributed by atoms with E-state index in [1.807, 2.05) is 0 Å². The minimum Gasteiger partial charge on any atom is -0.479 e. The predicted molar refractivity (Wildman–Crippen MR) is 65.4 cm³/mol. The van der Waals surface area contributed by atoms with Crippen LogP contribution in [0, 0.1) is 10.1 Å². The highest BCUT2D eigenvalue weighted by molar-refractivity contribution is 5.97. The number of nitrogens with zero attached hydrogens (tertiary/aromatic N) is 1. The smallest absolute Gasteiger partial charge is 0.344 e. The van der Waals surface area contributed by atoms with Crippen molar-refractivity contribution >= 4 is 17.4 Å². The van der Waals surface area contributed by atoms with Gasteiger partial charge in [-0.2, -0.15) is 0 Å². The van der Waals surface area contributed by atoms with Crippen LogP contribution in [-0.4, -0.2) is 27.9 Å². The Hall–Kier alpha value is -2.44. The van der Waals surface area contributed by atoms with Crippen LogP contribution >= 0.6 is 0 Å². The highest BCUT2D eigenvalue weighted by Crippen LogP contribution is 2.26. The lowest BCUT2D eigenvalue weighted by Gasteiger charge is -2.15. The predicted octanol–water partition coefficient (Wildman–Crippen LogP) is 2.04. The number of hydrogen-bond donors (Lipinski definition) is 1. The van der Waals surface area contributed by atoms with Crippen molar-refractivity contribution in [2.45, 2.75) is 26.4 Å². The molecule has 0 amide bonds. The molecular weight excluding hydrogens is 254 g/mol. The van der Waals surface area contributed by atoms with Crippen LogP contribution in [0.15, 0.2) is 18.2 Å². The van der Waals surface area contributed by atoms with Gasteiger partial charge in [-0.15, -0.1) is 0 Å². The van der Waals surface area contributed by atoms with Crippen molar-refractivity contribution in [3.05, 3.63) is 33.9 Å². The van der Waals surface area contributed by atoms with Gasteiger partial charge in [-0.05, 0) is 19.4 Å². The molecule has 19 heavy (non-hydrogen) atoms. The molecule has 0 saturated carbocycles. The highest BCUT2D eigenvalue weighted by Gasteiger charge is 2.21. The third-order valence-electron chi connectivity index (χ3n) is 2.47. The zero-order valence-corrected chi connectivity index (χ0v) is 10.5. The molecule has 1 N–H and O–H groups in total. The van der Waals surface area contributed by atoms with E-state index in [4.69, 9.17) is 9.84 Å². The quantitative estimate of drug-likeness (QED) is 0.480. The average Bonchev–Trinajstić information content (AvgIpc) is 2.35. The van der Waals surface area contributed by atoms with Crippen LogP contribution < -0.4 is 4.74 Å². The Bertz CT molecular complexity index is 525. The first-order valence-corrected chi connectivity index (χ1v) is 5.55. The number of hydrogen-bond acceptors (Lipinski definition) is 5. The zero-order valence-electron chi connectivity index (χ0n) is 10.5. The molecule has 0 heterocycles. The van der Waals surface area contributed by atoms with Crippen molar-refractivity contribution in [2.75, 3.05) is 0 Å². The first-order chi connectivity index (χ1) is 8.86. The van der Waals surface area contributed by atoms with E-state index < -0.39 is 22.8 Å². The third kappa shape index (κ3) is 3.51. The van der Waals surface area contributed by atoms with E-state index in [1.54, 1.807) is 6.92 Å². The van der Waals surface area contributed by atoms with Crippen LogP contribution in [0.5, 0.6) is 5.75 Å². The number of benzene rings is 1. The van der Waals surface area contributed by atoms with Crippen molar-refractivity contribution in [3.63, 3.8) is 0 Å². The van der Waals surface area contributed by atoms with Crippen molar-refractivity contribution in [2.24, 2.45) is 0 Å². The van der Waals surface area contributed by atoms with Gasteiger partial charge in [-0.25, -0.2) is 4.79 Å². The number of ether oxygens (including phenoxy) is 1. The molecule has 0 fully saturated rings. The second-order valence-electron chi connectivity index (χ2n) is 3.85. The molecule has 0 radical (unpaired) electrons. The Labute approximate surface area is 109 Å². The number of rotatable bonds is 6. The SMILES string of the molecule is CCC(Oc1ccc([N+](=O)[O-])cc1C(C)=O)C(=O)O. The molecule has 1 rings (SSSR count). The first-order valence-electron chi connectivity index (χ1n) is 5.55. The molecule has 7 heteroatoms. The van der Waals surface area contributed by atoms with E-state index in [0.29, 0.717) is 0 Å². The molecule has 1 atom stereocenters. The average molecular weight is 267 g/mol. The van der Waals surface area contributed by atoms with Crippen molar-refractivity contribution < 1.29 is 24.4 Å². The number of non-ortho nitro benzene ring substituents is 1. The summed E-state index contributed by atoms with van der Waals surface area (Å²) in [6.45, 7) is 2.85.